The molecular formula is C11H12Cl2FNOSi. The van der Waals surface area contributed by atoms with E-state index >= 15 is 0 Å². The highest BCUT2D eigenvalue weighted by Crippen LogP contribution is 2.36. The fourth-order valence-electron chi connectivity index (χ4n) is 1.25. The number of benzene rings is 1. The van der Waals surface area contributed by atoms with Gasteiger partial charge in [0.15, 0.2) is 8.32 Å². The van der Waals surface area contributed by atoms with Gasteiger partial charge in [-0.2, -0.15) is 0 Å². The largest absolute Gasteiger partial charge is 0.349 e. The molecule has 1 unspecified atom stereocenters. The minimum atomic E-state index is -1.94. The van der Waals surface area contributed by atoms with Gasteiger partial charge in [-0.05, 0) is 31.8 Å². The molecule has 0 aromatic heterocycles. The molecule has 0 aliphatic rings. The van der Waals surface area contributed by atoms with Gasteiger partial charge >= 0.3 is 6.23 Å². The zero-order valence-corrected chi connectivity index (χ0v) is 12.2. The average molecular weight is 292 g/mol. The first-order valence-electron chi connectivity index (χ1n) is 4.94. The topological polar surface area (TPSA) is 13.6 Å². The fourth-order valence-corrected chi connectivity index (χ4v) is 2.65. The smallest absolute Gasteiger partial charge is 0.348 e. The zero-order valence-electron chi connectivity index (χ0n) is 9.72. The molecule has 0 aliphatic heterocycles. The lowest BCUT2D eigenvalue weighted by Gasteiger charge is -2.19. The second-order valence-corrected chi connectivity index (χ2v) is 9.71. The maximum absolute atomic E-state index is 13.4. The van der Waals surface area contributed by atoms with Crippen LogP contribution >= 0.6 is 23.2 Å². The van der Waals surface area contributed by atoms with E-state index in [4.69, 9.17) is 34.2 Å². The van der Waals surface area contributed by atoms with Crippen LogP contribution in [0.2, 0.25) is 29.7 Å². The Bertz CT molecular complexity index is 468. The molecule has 0 saturated carbocycles. The Labute approximate surface area is 111 Å². The lowest BCUT2D eigenvalue weighted by molar-refractivity contribution is 0.245. The molecule has 1 aromatic rings. The van der Waals surface area contributed by atoms with E-state index in [0.29, 0.717) is 0 Å². The summed E-state index contributed by atoms with van der Waals surface area (Å²) in [7, 11) is -1.94. The van der Waals surface area contributed by atoms with E-state index in [-0.39, 0.29) is 15.6 Å². The number of halogens is 3. The van der Waals surface area contributed by atoms with Crippen LogP contribution in [0.3, 0.4) is 0 Å². The van der Waals surface area contributed by atoms with Gasteiger partial charge in [0.2, 0.25) is 0 Å². The summed E-state index contributed by atoms with van der Waals surface area (Å²) in [5.74, 6) is -0.598. The van der Waals surface area contributed by atoms with Crippen LogP contribution in [0.4, 0.5) is 4.39 Å². The van der Waals surface area contributed by atoms with Gasteiger partial charge in [-0.1, -0.05) is 23.2 Å². The van der Waals surface area contributed by atoms with Crippen LogP contribution < -0.4 is 0 Å². The molecule has 0 aliphatic carbocycles. The Balaban J connectivity index is 3.22. The van der Waals surface area contributed by atoms with Crippen molar-refractivity contribution in [1.82, 2.24) is 0 Å². The molecule has 0 spiro atoms. The number of hydrogen-bond acceptors (Lipinski definition) is 1. The first kappa shape index (κ1) is 14.5. The van der Waals surface area contributed by atoms with Crippen LogP contribution in [0.5, 0.6) is 0 Å². The van der Waals surface area contributed by atoms with Crippen LogP contribution in [0.1, 0.15) is 11.8 Å². The normalized spacial score (nSPS) is 13.2. The number of rotatable bonds is 3. The Hall–Kier alpha value is -0.603. The van der Waals surface area contributed by atoms with E-state index in [0.717, 1.165) is 0 Å². The third kappa shape index (κ3) is 3.68. The van der Waals surface area contributed by atoms with Crippen molar-refractivity contribution in [2.45, 2.75) is 25.9 Å². The maximum Gasteiger partial charge on any atom is 0.348 e. The first-order chi connectivity index (χ1) is 7.76. The highest BCUT2D eigenvalue weighted by atomic mass is 35.5. The van der Waals surface area contributed by atoms with Crippen molar-refractivity contribution >= 4 is 31.5 Å². The Morgan fingerprint density at radius 3 is 2.41 bits per heavy atom. The highest BCUT2D eigenvalue weighted by Gasteiger charge is 2.31. The molecule has 0 heterocycles. The molecule has 0 N–H and O–H groups in total. The van der Waals surface area contributed by atoms with Crippen LogP contribution in [0, 0.1) is 12.4 Å². The quantitative estimate of drug-likeness (QED) is 0.439. The Kier molecular flexibility index (Phi) is 4.56. The molecule has 1 rings (SSSR count). The molecule has 1 atom stereocenters. The average Bonchev–Trinajstić information content (AvgIpc) is 2.21. The van der Waals surface area contributed by atoms with Gasteiger partial charge in [-0.25, -0.2) is 11.0 Å². The van der Waals surface area contributed by atoms with Crippen molar-refractivity contribution in [2.24, 2.45) is 0 Å². The summed E-state index contributed by atoms with van der Waals surface area (Å²) in [5, 5.41) is 0.104. The van der Waals surface area contributed by atoms with E-state index in [1.165, 1.54) is 12.1 Å². The zero-order chi connectivity index (χ0) is 13.2. The lowest BCUT2D eigenvalue weighted by Crippen LogP contribution is -2.27. The van der Waals surface area contributed by atoms with Gasteiger partial charge in [0.25, 0.3) is 0 Å². The second kappa shape index (κ2) is 5.36. The summed E-state index contributed by atoms with van der Waals surface area (Å²) in [5.41, 5.74) is 0.214. The predicted octanol–water partition coefficient (Wildman–Crippen LogP) is 4.90. The minimum Gasteiger partial charge on any atom is -0.349 e. The standard InChI is InChI=1S/C11H12Cl2FNOSi/c1-15-11(16-17(2,3)4)9-7(12)5-6-8(14)10(9)13/h5-6,11H,2-4H3. The fraction of sp³-hybridized carbons (Fsp3) is 0.364. The van der Waals surface area contributed by atoms with Crippen molar-refractivity contribution in [3.63, 3.8) is 0 Å². The monoisotopic (exact) mass is 291 g/mol. The van der Waals surface area contributed by atoms with Gasteiger partial charge in [-0.15, -0.1) is 0 Å². The van der Waals surface area contributed by atoms with Gasteiger partial charge in [0, 0.05) is 0 Å². The van der Waals surface area contributed by atoms with Gasteiger partial charge in [0.1, 0.15) is 11.4 Å². The number of nitrogens with zero attached hydrogens (tertiary/aromatic N) is 1. The number of hydrogen-bond donors (Lipinski definition) is 0. The summed E-state index contributed by atoms with van der Waals surface area (Å²) >= 11 is 11.8. The minimum absolute atomic E-state index is 0.142. The SMILES string of the molecule is [C-]#[N+]C(O[Si](C)(C)C)c1c(Cl)ccc(F)c1Cl. The van der Waals surface area contributed by atoms with Crippen LogP contribution in [0.25, 0.3) is 4.85 Å². The summed E-state index contributed by atoms with van der Waals surface area (Å²) < 4.78 is 19.0. The third-order valence-corrected chi connectivity index (χ3v) is 3.55. The molecule has 1 aromatic carbocycles. The first-order valence-corrected chi connectivity index (χ1v) is 9.10. The van der Waals surface area contributed by atoms with E-state index in [9.17, 15) is 4.39 Å². The summed E-state index contributed by atoms with van der Waals surface area (Å²) in [4.78, 5) is 3.33. The van der Waals surface area contributed by atoms with Crippen molar-refractivity contribution in [1.29, 1.82) is 0 Å². The summed E-state index contributed by atoms with van der Waals surface area (Å²) in [6, 6.07) is 2.55. The van der Waals surface area contributed by atoms with Gasteiger partial charge in [0.05, 0.1) is 10.0 Å². The molecule has 0 bridgehead atoms. The molecule has 92 valence electrons. The molecule has 0 amide bonds. The van der Waals surface area contributed by atoms with Crippen molar-refractivity contribution in [3.05, 3.63) is 45.0 Å². The van der Waals surface area contributed by atoms with E-state index in [1.54, 1.807) is 0 Å². The van der Waals surface area contributed by atoms with Gasteiger partial charge < -0.3 is 4.43 Å². The molecule has 0 saturated heterocycles. The predicted molar refractivity (Wildman–Crippen MR) is 70.2 cm³/mol. The van der Waals surface area contributed by atoms with E-state index in [1.807, 2.05) is 19.6 Å². The molecule has 6 heteroatoms. The highest BCUT2D eigenvalue weighted by molar-refractivity contribution is 6.69. The second-order valence-electron chi connectivity index (χ2n) is 4.47. The summed E-state index contributed by atoms with van der Waals surface area (Å²) in [6.07, 6.45) is -0.947. The van der Waals surface area contributed by atoms with Crippen molar-refractivity contribution in [3.8, 4) is 0 Å². The van der Waals surface area contributed by atoms with Crippen LogP contribution in [-0.4, -0.2) is 8.32 Å². The Morgan fingerprint density at radius 1 is 1.35 bits per heavy atom. The van der Waals surface area contributed by atoms with E-state index < -0.39 is 20.4 Å². The molecular weight excluding hydrogens is 280 g/mol. The third-order valence-electron chi connectivity index (χ3n) is 1.91. The maximum atomic E-state index is 13.4. The van der Waals surface area contributed by atoms with Crippen molar-refractivity contribution < 1.29 is 8.82 Å². The van der Waals surface area contributed by atoms with Crippen LogP contribution in [-0.2, 0) is 4.43 Å². The van der Waals surface area contributed by atoms with Crippen LogP contribution in [0.15, 0.2) is 12.1 Å². The van der Waals surface area contributed by atoms with Crippen molar-refractivity contribution in [2.75, 3.05) is 0 Å². The Morgan fingerprint density at radius 2 is 1.94 bits per heavy atom. The molecule has 2 nitrogen and oxygen atoms in total. The lowest BCUT2D eigenvalue weighted by atomic mass is 10.2. The van der Waals surface area contributed by atoms with E-state index in [2.05, 4.69) is 4.85 Å². The molecule has 0 radical (unpaired) electrons. The molecule has 0 fully saturated rings. The molecule has 17 heavy (non-hydrogen) atoms. The van der Waals surface area contributed by atoms with Gasteiger partial charge in [-0.3, -0.25) is 4.85 Å². The summed E-state index contributed by atoms with van der Waals surface area (Å²) in [6.45, 7) is 12.9.